The Balaban J connectivity index is 0.00000240. The molecule has 0 aromatic heterocycles. The normalized spacial score (nSPS) is 11.1. The van der Waals surface area contributed by atoms with Crippen LogP contribution >= 0.6 is 0 Å². The van der Waals surface area contributed by atoms with Crippen LogP contribution in [0.15, 0.2) is 78.9 Å². The summed E-state index contributed by atoms with van der Waals surface area (Å²) in [6.07, 6.45) is 0. The smallest absolute Gasteiger partial charge is 1.00 e. The molecule has 0 amide bonds. The first-order chi connectivity index (χ1) is 13.8. The molecule has 4 rings (SSSR count). The van der Waals surface area contributed by atoms with Crippen molar-refractivity contribution in [3.63, 3.8) is 0 Å². The first-order valence-corrected chi connectivity index (χ1v) is 11.6. The monoisotopic (exact) mass is 457 g/mol. The molecule has 5 heteroatoms. The average Bonchev–Trinajstić information content (AvgIpc) is 2.74. The minimum Gasteiger partial charge on any atom is 1.00 e. The number of fused-ring (bicyclic) bond motifs is 2. The van der Waals surface area contributed by atoms with Crippen LogP contribution in [0.5, 0.6) is 0 Å². The topological polar surface area (TPSA) is 18.5 Å². The molecule has 4 aromatic rings. The van der Waals surface area contributed by atoms with E-state index in [1.165, 1.54) is 37.1 Å². The van der Waals surface area contributed by atoms with Crippen molar-refractivity contribution in [2.24, 2.45) is 0 Å². The summed E-state index contributed by atoms with van der Waals surface area (Å²) in [5.74, 6) is -0.169. The van der Waals surface area contributed by atoms with E-state index < -0.39 is 0 Å². The Bertz CT molecular complexity index is 1090. The Morgan fingerprint density at radius 2 is 1.28 bits per heavy atom. The third-order valence-electron chi connectivity index (χ3n) is 4.78. The summed E-state index contributed by atoms with van der Waals surface area (Å²) in [7, 11) is 0. The maximum absolute atomic E-state index is 5.88. The van der Waals surface area contributed by atoms with Crippen LogP contribution in [-0.2, 0) is 9.31 Å². The Hall–Kier alpha value is -1.10. The van der Waals surface area contributed by atoms with Gasteiger partial charge in [-0.05, 0) is 0 Å². The van der Waals surface area contributed by atoms with Gasteiger partial charge in [0.05, 0.1) is 0 Å². The Morgan fingerprint density at radius 1 is 0.690 bits per heavy atom. The Kier molecular flexibility index (Phi) is 8.40. The molecule has 0 aliphatic rings. The molecule has 0 spiro atoms. The van der Waals surface area contributed by atoms with E-state index in [0.29, 0.717) is 13.2 Å². The molecular formula is C24H23BNaO2Se. The van der Waals surface area contributed by atoms with Gasteiger partial charge in [0.2, 0.25) is 0 Å². The molecule has 29 heavy (non-hydrogen) atoms. The van der Waals surface area contributed by atoms with Crippen molar-refractivity contribution in [3.8, 4) is 11.1 Å². The zero-order chi connectivity index (χ0) is 19.3. The molecule has 0 saturated heterocycles. The van der Waals surface area contributed by atoms with Crippen molar-refractivity contribution >= 4 is 46.7 Å². The molecule has 4 aromatic carbocycles. The second-order valence-corrected chi connectivity index (χ2v) is 8.73. The van der Waals surface area contributed by atoms with Crippen LogP contribution in [0.25, 0.3) is 32.7 Å². The molecular weight excluding hydrogens is 433 g/mol. The fraction of sp³-hybridized carbons (Fsp3) is 0.167. The van der Waals surface area contributed by atoms with E-state index in [-0.39, 0.29) is 50.3 Å². The third-order valence-corrected chi connectivity index (χ3v) is 7.00. The van der Waals surface area contributed by atoms with Crippen molar-refractivity contribution in [1.82, 2.24) is 0 Å². The molecule has 141 valence electrons. The Morgan fingerprint density at radius 3 is 1.97 bits per heavy atom. The van der Waals surface area contributed by atoms with Gasteiger partial charge in [-0.2, -0.15) is 0 Å². The molecule has 0 fully saturated rings. The summed E-state index contributed by atoms with van der Waals surface area (Å²) in [5.41, 5.74) is 2.58. The summed E-state index contributed by atoms with van der Waals surface area (Å²) >= 11 is 0.0440. The van der Waals surface area contributed by atoms with E-state index in [1.807, 2.05) is 13.8 Å². The van der Waals surface area contributed by atoms with Crippen LogP contribution in [-0.4, -0.2) is 33.9 Å². The van der Waals surface area contributed by atoms with Crippen LogP contribution < -0.4 is 34.0 Å². The predicted molar refractivity (Wildman–Crippen MR) is 121 cm³/mol. The summed E-state index contributed by atoms with van der Waals surface area (Å²) in [6.45, 7) is 5.36. The first kappa shape index (κ1) is 22.6. The molecule has 0 aliphatic carbocycles. The van der Waals surface area contributed by atoms with Crippen molar-refractivity contribution < 1.29 is 38.9 Å². The molecule has 2 nitrogen and oxygen atoms in total. The van der Waals surface area contributed by atoms with Gasteiger partial charge in [0.15, 0.2) is 0 Å². The van der Waals surface area contributed by atoms with E-state index in [2.05, 4.69) is 78.9 Å². The zero-order valence-electron chi connectivity index (χ0n) is 17.2. The van der Waals surface area contributed by atoms with Gasteiger partial charge in [-0.1, -0.05) is 0 Å². The standard InChI is InChI=1S/C24H23BO2Se.Na/c1-3-26-25(27-4-2)28-23-17-16-19-11-6-8-14-21(19)24(23)22-15-9-12-18-10-5-7-13-20(18)22;/h5-17H,3-4H2,1-2H3;/q-1;+1. The predicted octanol–water partition coefficient (Wildman–Crippen LogP) is 2.05. The SMILES string of the molecule is CCO[B-](OCC)[Se]c1ccc2ccccc2c1-c1cccc2ccccc12.[Na+]. The zero-order valence-corrected chi connectivity index (χ0v) is 20.9. The van der Waals surface area contributed by atoms with Gasteiger partial charge in [-0.3, -0.25) is 0 Å². The first-order valence-electron chi connectivity index (χ1n) is 9.71. The van der Waals surface area contributed by atoms with E-state index >= 15 is 0 Å². The van der Waals surface area contributed by atoms with E-state index in [4.69, 9.17) is 9.31 Å². The number of hydrogen-bond acceptors (Lipinski definition) is 2. The summed E-state index contributed by atoms with van der Waals surface area (Å²) in [6, 6.07) is 28.3. The molecule has 0 heterocycles. The summed E-state index contributed by atoms with van der Waals surface area (Å²) in [4.78, 5) is 0. The molecule has 0 atom stereocenters. The van der Waals surface area contributed by atoms with Crippen LogP contribution in [0.1, 0.15) is 13.8 Å². The van der Waals surface area contributed by atoms with Gasteiger partial charge in [0, 0.05) is 0 Å². The molecule has 0 N–H and O–H groups in total. The average molecular weight is 456 g/mol. The number of rotatable bonds is 7. The maximum Gasteiger partial charge on any atom is 1.00 e. The second kappa shape index (κ2) is 10.8. The van der Waals surface area contributed by atoms with Crippen LogP contribution in [0.2, 0.25) is 0 Å². The van der Waals surface area contributed by atoms with E-state index in [9.17, 15) is 0 Å². The minimum absolute atomic E-state index is 0. The number of hydrogen-bond donors (Lipinski definition) is 0. The van der Waals surface area contributed by atoms with Crippen molar-refractivity contribution in [2.45, 2.75) is 13.8 Å². The molecule has 0 saturated carbocycles. The van der Waals surface area contributed by atoms with Gasteiger partial charge >= 0.3 is 203 Å². The second-order valence-electron chi connectivity index (χ2n) is 6.50. The van der Waals surface area contributed by atoms with Crippen molar-refractivity contribution in [1.29, 1.82) is 0 Å². The summed E-state index contributed by atoms with van der Waals surface area (Å²) in [5, 5.41) is 5.08. The summed E-state index contributed by atoms with van der Waals surface area (Å²) < 4.78 is 13.1. The molecule has 1 radical (unpaired) electrons. The minimum atomic E-state index is -0.169. The van der Waals surface area contributed by atoms with Gasteiger partial charge in [-0.25, -0.2) is 0 Å². The largest absolute Gasteiger partial charge is 1.00 e. The van der Waals surface area contributed by atoms with Gasteiger partial charge in [0.1, 0.15) is 0 Å². The number of benzene rings is 4. The maximum atomic E-state index is 5.88. The van der Waals surface area contributed by atoms with Crippen molar-refractivity contribution in [2.75, 3.05) is 13.2 Å². The fourth-order valence-corrected chi connectivity index (χ4v) is 5.87. The van der Waals surface area contributed by atoms with E-state index in [1.54, 1.807) is 0 Å². The van der Waals surface area contributed by atoms with E-state index in [0.717, 1.165) is 0 Å². The molecule has 0 bridgehead atoms. The van der Waals surface area contributed by atoms with Gasteiger partial charge in [-0.15, -0.1) is 0 Å². The van der Waals surface area contributed by atoms with Crippen LogP contribution in [0.4, 0.5) is 0 Å². The fourth-order valence-electron chi connectivity index (χ4n) is 3.56. The van der Waals surface area contributed by atoms with Crippen LogP contribution in [0, 0.1) is 0 Å². The molecule has 0 aliphatic heterocycles. The Labute approximate surface area is 201 Å². The third kappa shape index (κ3) is 4.98. The van der Waals surface area contributed by atoms with Gasteiger partial charge in [0.25, 0.3) is 0 Å². The van der Waals surface area contributed by atoms with Crippen molar-refractivity contribution in [3.05, 3.63) is 78.9 Å². The quantitative estimate of drug-likeness (QED) is 0.397. The van der Waals surface area contributed by atoms with Gasteiger partial charge < -0.3 is 0 Å². The molecule has 0 unspecified atom stereocenters. The van der Waals surface area contributed by atoms with Crippen LogP contribution in [0.3, 0.4) is 0 Å².